The van der Waals surface area contributed by atoms with Crippen LogP contribution in [0.15, 0.2) is 24.3 Å². The van der Waals surface area contributed by atoms with E-state index in [1.807, 2.05) is 0 Å². The van der Waals surface area contributed by atoms with E-state index >= 15 is 0 Å². The summed E-state index contributed by atoms with van der Waals surface area (Å²) in [5.74, 6) is 0.460. The van der Waals surface area contributed by atoms with Gasteiger partial charge in [0.2, 0.25) is 5.91 Å². The predicted octanol–water partition coefficient (Wildman–Crippen LogP) is 3.53. The summed E-state index contributed by atoms with van der Waals surface area (Å²) < 4.78 is 13.3. The first kappa shape index (κ1) is 17.4. The zero-order valence-electron chi connectivity index (χ0n) is 14.6. The molecule has 132 valence electrons. The minimum atomic E-state index is -0.526. The number of piperidine rings is 1. The Morgan fingerprint density at radius 3 is 2.42 bits per heavy atom. The van der Waals surface area contributed by atoms with Crippen molar-refractivity contribution in [2.45, 2.75) is 63.3 Å². The Morgan fingerprint density at radius 2 is 1.79 bits per heavy atom. The molecule has 1 aliphatic carbocycles. The molecule has 0 unspecified atom stereocenters. The number of amides is 1. The fourth-order valence-corrected chi connectivity index (χ4v) is 4.37. The van der Waals surface area contributed by atoms with Crippen molar-refractivity contribution in [3.63, 3.8) is 0 Å². The van der Waals surface area contributed by atoms with Crippen molar-refractivity contribution in [1.29, 1.82) is 0 Å². The van der Waals surface area contributed by atoms with Gasteiger partial charge in [0.1, 0.15) is 5.82 Å². The largest absolute Gasteiger partial charge is 0.353 e. The average Bonchev–Trinajstić information content (AvgIpc) is 2.63. The number of hydrogen-bond donors (Lipinski definition) is 2. The Bertz CT molecular complexity index is 545. The van der Waals surface area contributed by atoms with E-state index in [2.05, 4.69) is 17.6 Å². The van der Waals surface area contributed by atoms with Crippen molar-refractivity contribution in [2.24, 2.45) is 5.92 Å². The lowest BCUT2D eigenvalue weighted by molar-refractivity contribution is -0.129. The van der Waals surface area contributed by atoms with E-state index in [9.17, 15) is 9.18 Å². The number of hydrogen-bond acceptors (Lipinski definition) is 2. The summed E-state index contributed by atoms with van der Waals surface area (Å²) in [4.78, 5) is 13.2. The third kappa shape index (κ3) is 3.64. The first-order chi connectivity index (χ1) is 11.6. The highest BCUT2D eigenvalue weighted by Crippen LogP contribution is 2.35. The highest BCUT2D eigenvalue weighted by Gasteiger charge is 2.42. The average molecular weight is 332 g/mol. The van der Waals surface area contributed by atoms with Gasteiger partial charge in [0.25, 0.3) is 0 Å². The topological polar surface area (TPSA) is 41.1 Å². The second-order valence-electron chi connectivity index (χ2n) is 7.50. The lowest BCUT2D eigenvalue weighted by Gasteiger charge is -2.39. The summed E-state index contributed by atoms with van der Waals surface area (Å²) in [5, 5.41) is 6.65. The van der Waals surface area contributed by atoms with Crippen LogP contribution in [0.5, 0.6) is 0 Å². The molecule has 3 rings (SSSR count). The van der Waals surface area contributed by atoms with Crippen LogP contribution in [-0.4, -0.2) is 25.0 Å². The third-order valence-electron chi connectivity index (χ3n) is 6.00. The van der Waals surface area contributed by atoms with Gasteiger partial charge in [0.15, 0.2) is 0 Å². The molecule has 3 nitrogen and oxygen atoms in total. The van der Waals surface area contributed by atoms with E-state index in [1.165, 1.54) is 44.2 Å². The lowest BCUT2D eigenvalue weighted by Crippen LogP contribution is -2.53. The molecule has 1 amide bonds. The van der Waals surface area contributed by atoms with Crippen molar-refractivity contribution in [3.8, 4) is 0 Å². The van der Waals surface area contributed by atoms with Crippen molar-refractivity contribution >= 4 is 5.91 Å². The van der Waals surface area contributed by atoms with Crippen LogP contribution in [0.4, 0.5) is 4.39 Å². The van der Waals surface area contributed by atoms with Crippen molar-refractivity contribution < 1.29 is 9.18 Å². The van der Waals surface area contributed by atoms with Gasteiger partial charge in [-0.3, -0.25) is 4.79 Å². The second-order valence-corrected chi connectivity index (χ2v) is 7.50. The number of carbonyl (C=O) groups is 1. The molecule has 2 fully saturated rings. The maximum absolute atomic E-state index is 13.3. The Labute approximate surface area is 144 Å². The van der Waals surface area contributed by atoms with Crippen LogP contribution in [0, 0.1) is 11.7 Å². The summed E-state index contributed by atoms with van der Waals surface area (Å²) in [6.45, 7) is 3.79. The van der Waals surface area contributed by atoms with Gasteiger partial charge in [0, 0.05) is 6.04 Å². The van der Waals surface area contributed by atoms with Crippen molar-refractivity contribution in [3.05, 3.63) is 35.6 Å². The fourth-order valence-electron chi connectivity index (χ4n) is 4.37. The Morgan fingerprint density at radius 1 is 1.17 bits per heavy atom. The maximum Gasteiger partial charge on any atom is 0.230 e. The normalized spacial score (nSPS) is 22.8. The Hall–Kier alpha value is -1.42. The van der Waals surface area contributed by atoms with E-state index in [4.69, 9.17) is 0 Å². The number of nitrogens with one attached hydrogen (secondary N) is 2. The van der Waals surface area contributed by atoms with Crippen LogP contribution in [0.1, 0.15) is 57.4 Å². The highest BCUT2D eigenvalue weighted by atomic mass is 19.1. The molecule has 2 aliphatic rings. The van der Waals surface area contributed by atoms with Gasteiger partial charge < -0.3 is 10.6 Å². The highest BCUT2D eigenvalue weighted by molar-refractivity contribution is 5.88. The molecule has 1 saturated carbocycles. The van der Waals surface area contributed by atoms with E-state index in [0.29, 0.717) is 5.92 Å². The van der Waals surface area contributed by atoms with Crippen LogP contribution in [0.25, 0.3) is 0 Å². The van der Waals surface area contributed by atoms with Crippen LogP contribution in [0.3, 0.4) is 0 Å². The van der Waals surface area contributed by atoms with Gasteiger partial charge in [-0.05, 0) is 69.3 Å². The van der Waals surface area contributed by atoms with Crippen LogP contribution in [0.2, 0.25) is 0 Å². The maximum atomic E-state index is 13.3. The molecule has 1 heterocycles. The first-order valence-electron chi connectivity index (χ1n) is 9.39. The summed E-state index contributed by atoms with van der Waals surface area (Å²) >= 11 is 0. The number of halogens is 1. The molecular formula is C20H29FN2O. The van der Waals surface area contributed by atoms with Gasteiger partial charge in [-0.2, -0.15) is 0 Å². The summed E-state index contributed by atoms with van der Waals surface area (Å²) in [6.07, 6.45) is 7.83. The molecule has 4 heteroatoms. The van der Waals surface area contributed by atoms with Crippen LogP contribution in [-0.2, 0) is 10.2 Å². The molecular weight excluding hydrogens is 303 g/mol. The molecule has 1 aromatic carbocycles. The van der Waals surface area contributed by atoms with Gasteiger partial charge in [0.05, 0.1) is 5.41 Å². The summed E-state index contributed by atoms with van der Waals surface area (Å²) in [5.41, 5.74) is 0.417. The predicted molar refractivity (Wildman–Crippen MR) is 94.4 cm³/mol. The third-order valence-corrected chi connectivity index (χ3v) is 6.00. The van der Waals surface area contributed by atoms with Crippen LogP contribution < -0.4 is 10.6 Å². The van der Waals surface area contributed by atoms with Gasteiger partial charge in [-0.25, -0.2) is 4.39 Å². The van der Waals surface area contributed by atoms with E-state index in [0.717, 1.165) is 31.5 Å². The minimum absolute atomic E-state index is 0.119. The van der Waals surface area contributed by atoms with Gasteiger partial charge >= 0.3 is 0 Å². The molecule has 24 heavy (non-hydrogen) atoms. The lowest BCUT2D eigenvalue weighted by atomic mass is 9.72. The molecule has 0 bridgehead atoms. The Balaban J connectivity index is 1.77. The van der Waals surface area contributed by atoms with Gasteiger partial charge in [-0.1, -0.05) is 31.4 Å². The molecule has 0 aromatic heterocycles. The molecule has 0 spiro atoms. The molecule has 1 saturated heterocycles. The molecule has 1 aromatic rings. The quantitative estimate of drug-likeness (QED) is 0.885. The van der Waals surface area contributed by atoms with E-state index < -0.39 is 5.41 Å². The van der Waals surface area contributed by atoms with Crippen LogP contribution >= 0.6 is 0 Å². The SMILES string of the molecule is C[C@H](NC(=O)C1(c2ccc(F)cc2)CCNCC1)C1CCCCC1. The summed E-state index contributed by atoms with van der Waals surface area (Å²) in [7, 11) is 0. The zero-order chi connectivity index (χ0) is 17.0. The smallest absolute Gasteiger partial charge is 0.230 e. The summed E-state index contributed by atoms with van der Waals surface area (Å²) in [6, 6.07) is 6.72. The monoisotopic (exact) mass is 332 g/mol. The van der Waals surface area contributed by atoms with Crippen molar-refractivity contribution in [2.75, 3.05) is 13.1 Å². The zero-order valence-corrected chi connectivity index (χ0v) is 14.6. The Kier molecular flexibility index (Phi) is 5.54. The second kappa shape index (κ2) is 7.64. The van der Waals surface area contributed by atoms with Crippen molar-refractivity contribution in [1.82, 2.24) is 10.6 Å². The van der Waals surface area contributed by atoms with Gasteiger partial charge in [-0.15, -0.1) is 0 Å². The first-order valence-corrected chi connectivity index (χ1v) is 9.39. The molecule has 0 radical (unpaired) electrons. The molecule has 1 aliphatic heterocycles. The minimum Gasteiger partial charge on any atom is -0.353 e. The number of carbonyl (C=O) groups excluding carboxylic acids is 1. The number of rotatable bonds is 4. The standard InChI is InChI=1S/C20H29FN2O/c1-15(16-5-3-2-4-6-16)23-19(24)20(11-13-22-14-12-20)17-7-9-18(21)10-8-17/h7-10,15-16,22H,2-6,11-14H2,1H3,(H,23,24)/t15-/m0/s1. The number of benzene rings is 1. The van der Waals surface area contributed by atoms with E-state index in [-0.39, 0.29) is 17.8 Å². The molecule has 1 atom stereocenters. The van der Waals surface area contributed by atoms with E-state index in [1.54, 1.807) is 12.1 Å². The fraction of sp³-hybridized carbons (Fsp3) is 0.650. The molecule has 2 N–H and O–H groups in total.